The van der Waals surface area contributed by atoms with Gasteiger partial charge in [0.15, 0.2) is 5.16 Å². The smallest absolute Gasteiger partial charge is 0.251 e. The molecule has 0 saturated heterocycles. The van der Waals surface area contributed by atoms with Crippen molar-refractivity contribution in [1.29, 1.82) is 0 Å². The van der Waals surface area contributed by atoms with Crippen LogP contribution in [0.4, 0.5) is 5.69 Å². The minimum absolute atomic E-state index is 0.0729. The zero-order valence-electron chi connectivity index (χ0n) is 12.1. The number of ether oxygens (including phenoxy) is 1. The van der Waals surface area contributed by atoms with Gasteiger partial charge in [0.25, 0.3) is 5.56 Å². The van der Waals surface area contributed by atoms with E-state index in [9.17, 15) is 9.59 Å². The van der Waals surface area contributed by atoms with Gasteiger partial charge < -0.3 is 15.0 Å². The number of aromatic amines is 1. The van der Waals surface area contributed by atoms with Gasteiger partial charge in [0.1, 0.15) is 0 Å². The van der Waals surface area contributed by atoms with Gasteiger partial charge in [-0.05, 0) is 18.2 Å². The molecule has 9 heteroatoms. The highest BCUT2D eigenvalue weighted by molar-refractivity contribution is 7.99. The lowest BCUT2D eigenvalue weighted by Gasteiger charge is -2.06. The summed E-state index contributed by atoms with van der Waals surface area (Å²) < 4.78 is 4.94. The Morgan fingerprint density at radius 2 is 2.00 bits per heavy atom. The third-order valence-electron chi connectivity index (χ3n) is 2.55. The first kappa shape index (κ1) is 17.8. The largest absolute Gasteiger partial charge is 0.378 e. The Kier molecular flexibility index (Phi) is 6.47. The topological polar surface area (TPSA) is 84.1 Å². The Morgan fingerprint density at radius 3 is 2.65 bits per heavy atom. The van der Waals surface area contributed by atoms with Gasteiger partial charge in [-0.2, -0.15) is 0 Å². The van der Waals surface area contributed by atoms with Crippen molar-refractivity contribution in [1.82, 2.24) is 9.97 Å². The van der Waals surface area contributed by atoms with Crippen molar-refractivity contribution in [3.05, 3.63) is 50.4 Å². The molecule has 0 aliphatic carbocycles. The fourth-order valence-corrected chi connectivity index (χ4v) is 2.95. The average molecular weight is 374 g/mol. The number of aromatic nitrogens is 2. The van der Waals surface area contributed by atoms with Crippen molar-refractivity contribution in [2.45, 2.75) is 11.8 Å². The molecule has 0 atom stereocenters. The standard InChI is InChI=1S/C14H13Cl2N3O3S/c1-22-6-11-5-12(20)19-14(18-11)23-7-13(21)17-10-3-8(15)2-9(16)4-10/h2-5H,6-7H2,1H3,(H,17,21)(H,18,19,20). The van der Waals surface area contributed by atoms with Gasteiger partial charge in [-0.15, -0.1) is 0 Å². The summed E-state index contributed by atoms with van der Waals surface area (Å²) in [5.74, 6) is -0.197. The predicted molar refractivity (Wildman–Crippen MR) is 91.4 cm³/mol. The van der Waals surface area contributed by atoms with Gasteiger partial charge in [0.05, 0.1) is 18.1 Å². The molecule has 0 fully saturated rings. The molecule has 2 rings (SSSR count). The summed E-state index contributed by atoms with van der Waals surface area (Å²) in [5, 5.41) is 3.88. The second-order valence-electron chi connectivity index (χ2n) is 4.47. The molecule has 6 nitrogen and oxygen atoms in total. The van der Waals surface area contributed by atoms with Crippen LogP contribution in [0.2, 0.25) is 10.0 Å². The first-order chi connectivity index (χ1) is 11.0. The fourth-order valence-electron chi connectivity index (χ4n) is 1.73. The molecule has 0 radical (unpaired) electrons. The Bertz CT molecular complexity index is 747. The van der Waals surface area contributed by atoms with Crippen molar-refractivity contribution in [3.8, 4) is 0 Å². The zero-order valence-corrected chi connectivity index (χ0v) is 14.4. The Balaban J connectivity index is 1.97. The maximum absolute atomic E-state index is 11.9. The van der Waals surface area contributed by atoms with Crippen LogP contribution in [0.3, 0.4) is 0 Å². The highest BCUT2D eigenvalue weighted by atomic mass is 35.5. The predicted octanol–water partition coefficient (Wildman–Crippen LogP) is 2.95. The van der Waals surface area contributed by atoms with Crippen molar-refractivity contribution < 1.29 is 9.53 Å². The van der Waals surface area contributed by atoms with Crippen LogP contribution in [0, 0.1) is 0 Å². The zero-order chi connectivity index (χ0) is 16.8. The molecule has 23 heavy (non-hydrogen) atoms. The van der Waals surface area contributed by atoms with Crippen molar-refractivity contribution in [2.75, 3.05) is 18.2 Å². The second-order valence-corrected chi connectivity index (χ2v) is 6.31. The maximum Gasteiger partial charge on any atom is 0.251 e. The number of benzene rings is 1. The number of hydrogen-bond acceptors (Lipinski definition) is 5. The van der Waals surface area contributed by atoms with E-state index in [-0.39, 0.29) is 23.8 Å². The van der Waals surface area contributed by atoms with E-state index in [2.05, 4.69) is 15.3 Å². The van der Waals surface area contributed by atoms with E-state index in [1.807, 2.05) is 0 Å². The molecule has 1 aromatic carbocycles. The number of halogens is 2. The molecule has 0 saturated carbocycles. The molecular formula is C14H13Cl2N3O3S. The van der Waals surface area contributed by atoms with Crippen molar-refractivity contribution in [2.24, 2.45) is 0 Å². The molecule has 2 N–H and O–H groups in total. The number of hydrogen-bond donors (Lipinski definition) is 2. The molecule has 0 bridgehead atoms. The molecule has 0 aliphatic heterocycles. The number of nitrogens with one attached hydrogen (secondary N) is 2. The van der Waals surface area contributed by atoms with Crippen LogP contribution in [-0.4, -0.2) is 28.7 Å². The molecule has 0 unspecified atom stereocenters. The maximum atomic E-state index is 11.9. The summed E-state index contributed by atoms with van der Waals surface area (Å²) in [6.07, 6.45) is 0. The van der Waals surface area contributed by atoms with Crippen molar-refractivity contribution >= 4 is 46.6 Å². The minimum Gasteiger partial charge on any atom is -0.378 e. The summed E-state index contributed by atoms with van der Waals surface area (Å²) in [5.41, 5.74) is 0.708. The molecule has 2 aromatic rings. The molecule has 1 amide bonds. The number of carbonyl (C=O) groups is 1. The van der Waals surface area contributed by atoms with Crippen LogP contribution in [0.5, 0.6) is 0 Å². The third kappa shape index (κ3) is 5.87. The van der Waals surface area contributed by atoms with Crippen LogP contribution in [0.25, 0.3) is 0 Å². The Hall–Kier alpha value is -1.54. The molecule has 1 heterocycles. The summed E-state index contributed by atoms with van der Waals surface area (Å²) >= 11 is 12.8. The van der Waals surface area contributed by atoms with E-state index in [1.165, 1.54) is 13.2 Å². The lowest BCUT2D eigenvalue weighted by Crippen LogP contribution is -2.16. The van der Waals surface area contributed by atoms with Gasteiger partial charge in [0.2, 0.25) is 5.91 Å². The minimum atomic E-state index is -0.295. The van der Waals surface area contributed by atoms with Gasteiger partial charge in [-0.1, -0.05) is 35.0 Å². The number of methoxy groups -OCH3 is 1. The van der Waals surface area contributed by atoms with E-state index < -0.39 is 0 Å². The van der Waals surface area contributed by atoms with E-state index in [1.54, 1.807) is 18.2 Å². The normalized spacial score (nSPS) is 10.6. The highest BCUT2D eigenvalue weighted by Gasteiger charge is 2.08. The van der Waals surface area contributed by atoms with Gasteiger partial charge >= 0.3 is 0 Å². The Morgan fingerprint density at radius 1 is 1.30 bits per heavy atom. The van der Waals surface area contributed by atoms with Crippen LogP contribution < -0.4 is 10.9 Å². The molecule has 0 spiro atoms. The molecular weight excluding hydrogens is 361 g/mol. The molecule has 0 aliphatic rings. The number of thioether (sulfide) groups is 1. The van der Waals surface area contributed by atoms with Crippen LogP contribution >= 0.6 is 35.0 Å². The van der Waals surface area contributed by atoms with Crippen LogP contribution in [0.1, 0.15) is 5.69 Å². The van der Waals surface area contributed by atoms with E-state index in [0.29, 0.717) is 26.6 Å². The van der Waals surface area contributed by atoms with E-state index in [0.717, 1.165) is 11.8 Å². The number of amides is 1. The fraction of sp³-hybridized carbons (Fsp3) is 0.214. The Labute approximate surface area is 146 Å². The number of rotatable bonds is 6. The molecule has 122 valence electrons. The van der Waals surface area contributed by atoms with E-state index in [4.69, 9.17) is 27.9 Å². The average Bonchev–Trinajstić information content (AvgIpc) is 2.44. The third-order valence-corrected chi connectivity index (χ3v) is 3.86. The van der Waals surface area contributed by atoms with Crippen molar-refractivity contribution in [3.63, 3.8) is 0 Å². The first-order valence-corrected chi connectivity index (χ1v) is 8.18. The van der Waals surface area contributed by atoms with E-state index >= 15 is 0 Å². The number of H-pyrrole nitrogens is 1. The lowest BCUT2D eigenvalue weighted by molar-refractivity contribution is -0.113. The van der Waals surface area contributed by atoms with Crippen LogP contribution in [0.15, 0.2) is 34.2 Å². The monoisotopic (exact) mass is 373 g/mol. The number of carbonyl (C=O) groups excluding carboxylic acids is 1. The molecule has 1 aromatic heterocycles. The quantitative estimate of drug-likeness (QED) is 0.600. The highest BCUT2D eigenvalue weighted by Crippen LogP contribution is 2.22. The summed E-state index contributed by atoms with van der Waals surface area (Å²) in [6.45, 7) is 0.227. The summed E-state index contributed by atoms with van der Waals surface area (Å²) in [6, 6.07) is 6.11. The summed E-state index contributed by atoms with van der Waals surface area (Å²) in [7, 11) is 1.51. The summed E-state index contributed by atoms with van der Waals surface area (Å²) in [4.78, 5) is 30.2. The second kappa shape index (κ2) is 8.35. The van der Waals surface area contributed by atoms with Gasteiger partial charge in [0, 0.05) is 28.9 Å². The first-order valence-electron chi connectivity index (χ1n) is 6.44. The van der Waals surface area contributed by atoms with Gasteiger partial charge in [-0.25, -0.2) is 4.98 Å². The number of anilines is 1. The van der Waals surface area contributed by atoms with Gasteiger partial charge in [-0.3, -0.25) is 9.59 Å². The lowest BCUT2D eigenvalue weighted by atomic mass is 10.3. The van der Waals surface area contributed by atoms with Crippen LogP contribution in [-0.2, 0) is 16.1 Å². The number of nitrogens with zero attached hydrogens (tertiary/aromatic N) is 1. The SMILES string of the molecule is COCc1cc(=O)[nH]c(SCC(=O)Nc2cc(Cl)cc(Cl)c2)n1.